The van der Waals surface area contributed by atoms with Crippen LogP contribution in [0.25, 0.3) is 5.57 Å². The van der Waals surface area contributed by atoms with Crippen LogP contribution in [0.5, 0.6) is 0 Å². The van der Waals surface area contributed by atoms with Crippen molar-refractivity contribution in [2.75, 3.05) is 18.4 Å². The molecule has 0 saturated heterocycles. The number of anilines is 1. The lowest BCUT2D eigenvalue weighted by Gasteiger charge is -2.18. The van der Waals surface area contributed by atoms with Crippen molar-refractivity contribution in [3.63, 3.8) is 0 Å². The van der Waals surface area contributed by atoms with Crippen LogP contribution in [0.3, 0.4) is 0 Å². The van der Waals surface area contributed by atoms with Gasteiger partial charge in [-0.3, -0.25) is 14.9 Å². The zero-order valence-electron chi connectivity index (χ0n) is 17.8. The molecule has 2 aliphatic heterocycles. The summed E-state index contributed by atoms with van der Waals surface area (Å²) in [5.41, 5.74) is 2.61. The number of rotatable bonds is 8. The van der Waals surface area contributed by atoms with Crippen LogP contribution in [0.15, 0.2) is 35.5 Å². The minimum Gasteiger partial charge on any atom is -0.391 e. The van der Waals surface area contributed by atoms with Crippen LogP contribution in [0, 0.1) is 11.7 Å². The molecular formula is C22H29FN4O4. The van der Waals surface area contributed by atoms with E-state index in [0.29, 0.717) is 34.6 Å². The number of aliphatic hydroxyl groups is 2. The van der Waals surface area contributed by atoms with Crippen LogP contribution in [-0.2, 0) is 9.59 Å². The number of carbonyl (C=O) groups is 2. The van der Waals surface area contributed by atoms with Gasteiger partial charge in [-0.05, 0) is 37.7 Å². The summed E-state index contributed by atoms with van der Waals surface area (Å²) in [7, 11) is 0. The highest BCUT2D eigenvalue weighted by Crippen LogP contribution is 2.35. The van der Waals surface area contributed by atoms with E-state index in [1.807, 2.05) is 13.8 Å². The Morgan fingerprint density at radius 1 is 1.35 bits per heavy atom. The highest BCUT2D eigenvalue weighted by molar-refractivity contribution is 6.31. The summed E-state index contributed by atoms with van der Waals surface area (Å²) in [6.45, 7) is 6.06. The summed E-state index contributed by atoms with van der Waals surface area (Å²) >= 11 is 0. The van der Waals surface area contributed by atoms with E-state index in [4.69, 9.17) is 0 Å². The molecule has 3 rings (SSSR count). The summed E-state index contributed by atoms with van der Waals surface area (Å²) in [5.74, 6) is -1.31. The normalized spacial score (nSPS) is 23.4. The molecule has 4 atom stereocenters. The van der Waals surface area contributed by atoms with Crippen molar-refractivity contribution in [3.8, 4) is 0 Å². The molecule has 2 aliphatic rings. The molecule has 9 heteroatoms. The Bertz CT molecular complexity index is 930. The van der Waals surface area contributed by atoms with Crippen molar-refractivity contribution in [1.29, 1.82) is 0 Å². The summed E-state index contributed by atoms with van der Waals surface area (Å²) in [6, 6.07) is 3.81. The zero-order valence-corrected chi connectivity index (χ0v) is 17.8. The van der Waals surface area contributed by atoms with Crippen molar-refractivity contribution in [2.45, 2.75) is 45.6 Å². The molecule has 6 N–H and O–H groups in total. The number of nitrogens with one attached hydrogen (secondary N) is 4. The van der Waals surface area contributed by atoms with E-state index >= 15 is 0 Å². The number of allylic oxidation sites excluding steroid dienone is 1. The molecule has 0 bridgehead atoms. The number of benzene rings is 1. The Hall–Kier alpha value is -2.75. The van der Waals surface area contributed by atoms with Gasteiger partial charge in [0.1, 0.15) is 12.0 Å². The van der Waals surface area contributed by atoms with Gasteiger partial charge < -0.3 is 26.2 Å². The Morgan fingerprint density at radius 2 is 2.10 bits per heavy atom. The highest BCUT2D eigenvalue weighted by atomic mass is 19.1. The van der Waals surface area contributed by atoms with Crippen LogP contribution < -0.4 is 21.3 Å². The molecule has 0 aliphatic carbocycles. The molecule has 8 nitrogen and oxygen atoms in total. The second-order valence-corrected chi connectivity index (χ2v) is 7.89. The summed E-state index contributed by atoms with van der Waals surface area (Å²) in [6.07, 6.45) is 0.0810. The summed E-state index contributed by atoms with van der Waals surface area (Å²) in [5, 5.41) is 31.1. The molecule has 0 fully saturated rings. The largest absolute Gasteiger partial charge is 0.391 e. The topological polar surface area (TPSA) is 123 Å². The minimum absolute atomic E-state index is 0.00556. The number of carbonyl (C=O) groups excluding carboxylic acids is 2. The molecule has 2 amide bonds. The fourth-order valence-corrected chi connectivity index (χ4v) is 4.01. The quantitative estimate of drug-likeness (QED) is 0.267. The van der Waals surface area contributed by atoms with Gasteiger partial charge in [-0.15, -0.1) is 0 Å². The van der Waals surface area contributed by atoms with Gasteiger partial charge in [0.15, 0.2) is 0 Å². The molecule has 0 aromatic heterocycles. The van der Waals surface area contributed by atoms with Gasteiger partial charge in [0.2, 0.25) is 5.91 Å². The Morgan fingerprint density at radius 3 is 2.81 bits per heavy atom. The van der Waals surface area contributed by atoms with Crippen molar-refractivity contribution in [3.05, 3.63) is 46.9 Å². The van der Waals surface area contributed by atoms with Crippen molar-refractivity contribution in [2.24, 2.45) is 5.92 Å². The molecule has 0 radical (unpaired) electrons. The third kappa shape index (κ3) is 5.12. The smallest absolute Gasteiger partial charge is 0.256 e. The predicted molar refractivity (Wildman–Crippen MR) is 115 cm³/mol. The van der Waals surface area contributed by atoms with Gasteiger partial charge in [0, 0.05) is 47.0 Å². The van der Waals surface area contributed by atoms with E-state index in [9.17, 15) is 24.2 Å². The van der Waals surface area contributed by atoms with Crippen LogP contribution in [-0.4, -0.2) is 53.5 Å². The predicted octanol–water partition coefficient (Wildman–Crippen LogP) is 0.838. The first-order valence-electron chi connectivity index (χ1n) is 10.4. The van der Waals surface area contributed by atoms with E-state index in [1.165, 1.54) is 18.2 Å². The van der Waals surface area contributed by atoms with E-state index < -0.39 is 18.1 Å². The summed E-state index contributed by atoms with van der Waals surface area (Å²) < 4.78 is 13.7. The number of halogens is 1. The molecular weight excluding hydrogens is 403 g/mol. The lowest BCUT2D eigenvalue weighted by molar-refractivity contribution is -0.118. The molecule has 1 aromatic rings. The van der Waals surface area contributed by atoms with Gasteiger partial charge in [-0.1, -0.05) is 13.8 Å². The third-order valence-corrected chi connectivity index (χ3v) is 5.57. The molecule has 168 valence electrons. The molecule has 1 aromatic carbocycles. The SMILES string of the molecule is CCNC(O)CC(O)CNC(=O)C1=C(C)NC(/C=C2\C(=O)Nc3ccc(F)cc32)C1C. The minimum atomic E-state index is -0.893. The first-order chi connectivity index (χ1) is 14.7. The van der Waals surface area contributed by atoms with Gasteiger partial charge in [0.25, 0.3) is 5.91 Å². The van der Waals surface area contributed by atoms with Gasteiger partial charge in [-0.2, -0.15) is 0 Å². The fourth-order valence-electron chi connectivity index (χ4n) is 4.01. The maximum atomic E-state index is 13.7. The number of hydrogen-bond donors (Lipinski definition) is 6. The Balaban J connectivity index is 1.66. The monoisotopic (exact) mass is 432 g/mol. The van der Waals surface area contributed by atoms with Gasteiger partial charge in [-0.25, -0.2) is 4.39 Å². The Kier molecular flexibility index (Phi) is 7.09. The average Bonchev–Trinajstić information content (AvgIpc) is 3.15. The molecule has 4 unspecified atom stereocenters. The Labute approximate surface area is 180 Å². The van der Waals surface area contributed by atoms with Crippen LogP contribution in [0.4, 0.5) is 10.1 Å². The second kappa shape index (κ2) is 9.59. The lowest BCUT2D eigenvalue weighted by Crippen LogP contribution is -2.39. The molecule has 31 heavy (non-hydrogen) atoms. The maximum Gasteiger partial charge on any atom is 0.256 e. The number of amides is 2. The lowest BCUT2D eigenvalue weighted by atomic mass is 9.93. The van der Waals surface area contributed by atoms with Crippen molar-refractivity contribution >= 4 is 23.1 Å². The second-order valence-electron chi connectivity index (χ2n) is 7.89. The first-order valence-corrected chi connectivity index (χ1v) is 10.4. The summed E-state index contributed by atoms with van der Waals surface area (Å²) in [4.78, 5) is 25.1. The number of fused-ring (bicyclic) bond motifs is 1. The third-order valence-electron chi connectivity index (χ3n) is 5.57. The van der Waals surface area contributed by atoms with Crippen LogP contribution in [0.2, 0.25) is 0 Å². The number of aliphatic hydroxyl groups excluding tert-OH is 2. The zero-order chi connectivity index (χ0) is 22.7. The van der Waals surface area contributed by atoms with Gasteiger partial charge in [0.05, 0.1) is 12.1 Å². The molecule has 0 saturated carbocycles. The number of hydrogen-bond acceptors (Lipinski definition) is 6. The van der Waals surface area contributed by atoms with E-state index in [0.717, 1.165) is 0 Å². The first kappa shape index (κ1) is 22.9. The standard InChI is InChI=1S/C22H29FN4O4/c1-4-24-19(29)8-14(28)10-25-22(31)20-11(2)18(26-12(20)3)9-16-15-7-13(23)5-6-17(15)27-21(16)30/h5-7,9,11,14,18-19,24,26,28-29H,4,8,10H2,1-3H3,(H,25,31)(H,27,30)/b16-9-. The van der Waals surface area contributed by atoms with Crippen LogP contribution in [0.1, 0.15) is 32.8 Å². The van der Waals surface area contributed by atoms with Crippen LogP contribution >= 0.6 is 0 Å². The molecule has 0 spiro atoms. The highest BCUT2D eigenvalue weighted by Gasteiger charge is 2.34. The maximum absolute atomic E-state index is 13.7. The van der Waals surface area contributed by atoms with E-state index in [2.05, 4.69) is 21.3 Å². The van der Waals surface area contributed by atoms with E-state index in [1.54, 1.807) is 13.0 Å². The van der Waals surface area contributed by atoms with E-state index in [-0.39, 0.29) is 36.7 Å². The van der Waals surface area contributed by atoms with Crippen molar-refractivity contribution < 1.29 is 24.2 Å². The average molecular weight is 432 g/mol. The van der Waals surface area contributed by atoms with Crippen molar-refractivity contribution in [1.82, 2.24) is 16.0 Å². The van der Waals surface area contributed by atoms with Gasteiger partial charge >= 0.3 is 0 Å². The fraction of sp³-hybridized carbons (Fsp3) is 0.455. The molecule has 2 heterocycles.